The van der Waals surface area contributed by atoms with Crippen LogP contribution in [0.3, 0.4) is 0 Å². The highest BCUT2D eigenvalue weighted by atomic mass is 16.6. The maximum atomic E-state index is 12.0. The first-order valence-corrected chi connectivity index (χ1v) is 6.98. The van der Waals surface area contributed by atoms with Crippen molar-refractivity contribution in [1.29, 1.82) is 0 Å². The van der Waals surface area contributed by atoms with Crippen LogP contribution in [0.2, 0.25) is 0 Å². The lowest BCUT2D eigenvalue weighted by Crippen LogP contribution is -2.32. The molecule has 0 fully saturated rings. The maximum absolute atomic E-state index is 12.0. The predicted octanol–water partition coefficient (Wildman–Crippen LogP) is 1.71. The molecular weight excluding hydrogens is 272 g/mol. The van der Waals surface area contributed by atoms with Crippen molar-refractivity contribution in [3.63, 3.8) is 0 Å². The van der Waals surface area contributed by atoms with Crippen molar-refractivity contribution < 1.29 is 9.72 Å². The van der Waals surface area contributed by atoms with Crippen LogP contribution in [0.5, 0.6) is 0 Å². The van der Waals surface area contributed by atoms with E-state index in [9.17, 15) is 14.9 Å². The van der Waals surface area contributed by atoms with E-state index in [4.69, 9.17) is 0 Å². The van der Waals surface area contributed by atoms with Crippen molar-refractivity contribution in [2.75, 3.05) is 38.5 Å². The van der Waals surface area contributed by atoms with Gasteiger partial charge < -0.3 is 15.5 Å². The average Bonchev–Trinajstić information content (AvgIpc) is 2.47. The van der Waals surface area contributed by atoms with E-state index in [1.165, 1.54) is 6.07 Å². The van der Waals surface area contributed by atoms with Crippen LogP contribution in [0.15, 0.2) is 18.2 Å². The largest absolute Gasteiger partial charge is 0.380 e. The molecule has 1 rings (SSSR count). The van der Waals surface area contributed by atoms with Crippen LogP contribution < -0.4 is 10.6 Å². The molecule has 0 unspecified atom stereocenters. The Kier molecular flexibility index (Phi) is 6.61. The standard InChI is InChI=1S/C14H22N4O3/c1-4-15-12-7-6-11(10-13(12)18(20)21)14(19)16-8-9-17(3)5-2/h6-7,10,15H,4-5,8-9H2,1-3H3,(H,16,19). The molecule has 1 aromatic rings. The lowest BCUT2D eigenvalue weighted by molar-refractivity contribution is -0.384. The molecule has 0 aliphatic heterocycles. The quantitative estimate of drug-likeness (QED) is 0.563. The first-order chi connectivity index (χ1) is 9.99. The van der Waals surface area contributed by atoms with Gasteiger partial charge in [0.05, 0.1) is 4.92 Å². The summed E-state index contributed by atoms with van der Waals surface area (Å²) < 4.78 is 0. The van der Waals surface area contributed by atoms with E-state index < -0.39 is 4.92 Å². The monoisotopic (exact) mass is 294 g/mol. The number of nitro benzene ring substituents is 1. The fourth-order valence-electron chi connectivity index (χ4n) is 1.78. The summed E-state index contributed by atoms with van der Waals surface area (Å²) in [6.07, 6.45) is 0. The van der Waals surface area contributed by atoms with Gasteiger partial charge in [-0.1, -0.05) is 6.92 Å². The summed E-state index contributed by atoms with van der Waals surface area (Å²) in [6.45, 7) is 6.61. The molecule has 0 heterocycles. The molecule has 0 saturated heterocycles. The molecule has 116 valence electrons. The third-order valence-corrected chi connectivity index (χ3v) is 3.14. The molecule has 7 heteroatoms. The molecular formula is C14H22N4O3. The third-order valence-electron chi connectivity index (χ3n) is 3.14. The molecule has 0 atom stereocenters. The van der Waals surface area contributed by atoms with Gasteiger partial charge in [-0.2, -0.15) is 0 Å². The predicted molar refractivity (Wildman–Crippen MR) is 82.8 cm³/mol. The highest BCUT2D eigenvalue weighted by molar-refractivity contribution is 5.95. The minimum Gasteiger partial charge on any atom is -0.380 e. The second-order valence-corrected chi connectivity index (χ2v) is 4.67. The number of hydrogen-bond donors (Lipinski definition) is 2. The molecule has 0 bridgehead atoms. The van der Waals surface area contributed by atoms with Crippen molar-refractivity contribution in [2.24, 2.45) is 0 Å². The minimum absolute atomic E-state index is 0.0878. The van der Waals surface area contributed by atoms with Crippen molar-refractivity contribution in [3.05, 3.63) is 33.9 Å². The van der Waals surface area contributed by atoms with Crippen LogP contribution in [0.4, 0.5) is 11.4 Å². The summed E-state index contributed by atoms with van der Waals surface area (Å²) in [5, 5.41) is 16.7. The summed E-state index contributed by atoms with van der Waals surface area (Å²) in [6, 6.07) is 4.45. The first-order valence-electron chi connectivity index (χ1n) is 6.98. The minimum atomic E-state index is -0.486. The number of benzene rings is 1. The van der Waals surface area contributed by atoms with Gasteiger partial charge in [-0.25, -0.2) is 0 Å². The fourth-order valence-corrected chi connectivity index (χ4v) is 1.78. The third kappa shape index (κ3) is 5.03. The number of nitrogens with zero attached hydrogens (tertiary/aromatic N) is 2. The van der Waals surface area contributed by atoms with Crippen molar-refractivity contribution in [3.8, 4) is 0 Å². The molecule has 1 aromatic carbocycles. The Morgan fingerprint density at radius 2 is 2.10 bits per heavy atom. The number of anilines is 1. The number of hydrogen-bond acceptors (Lipinski definition) is 5. The van der Waals surface area contributed by atoms with Gasteiger partial charge in [0, 0.05) is 31.3 Å². The van der Waals surface area contributed by atoms with Gasteiger partial charge in [0.15, 0.2) is 0 Å². The van der Waals surface area contributed by atoms with Crippen molar-refractivity contribution >= 4 is 17.3 Å². The first kappa shape index (κ1) is 16.9. The summed E-state index contributed by atoms with van der Waals surface area (Å²) in [5.41, 5.74) is 0.627. The van der Waals surface area contributed by atoms with E-state index in [-0.39, 0.29) is 11.6 Å². The molecule has 21 heavy (non-hydrogen) atoms. The summed E-state index contributed by atoms with van der Waals surface area (Å²) in [5.74, 6) is -0.300. The number of amides is 1. The van der Waals surface area contributed by atoms with E-state index in [1.807, 2.05) is 20.9 Å². The van der Waals surface area contributed by atoms with Crippen LogP contribution >= 0.6 is 0 Å². The van der Waals surface area contributed by atoms with Gasteiger partial charge in [0.1, 0.15) is 5.69 Å². The smallest absolute Gasteiger partial charge is 0.293 e. The van der Waals surface area contributed by atoms with Gasteiger partial charge in [0.25, 0.3) is 11.6 Å². The number of likely N-dealkylation sites (N-methyl/N-ethyl adjacent to an activating group) is 1. The van der Waals surface area contributed by atoms with E-state index in [0.29, 0.717) is 24.3 Å². The molecule has 1 amide bonds. The summed E-state index contributed by atoms with van der Waals surface area (Å²) >= 11 is 0. The second-order valence-electron chi connectivity index (χ2n) is 4.67. The van der Waals surface area contributed by atoms with E-state index in [0.717, 1.165) is 13.1 Å². The summed E-state index contributed by atoms with van der Waals surface area (Å²) in [7, 11) is 1.96. The fraction of sp³-hybridized carbons (Fsp3) is 0.500. The molecule has 0 saturated carbocycles. The molecule has 7 nitrogen and oxygen atoms in total. The van der Waals surface area contributed by atoms with Gasteiger partial charge in [-0.3, -0.25) is 14.9 Å². The zero-order valence-corrected chi connectivity index (χ0v) is 12.7. The Bertz CT molecular complexity index is 505. The van der Waals surface area contributed by atoms with Gasteiger partial charge >= 0.3 is 0 Å². The molecule has 0 aliphatic rings. The maximum Gasteiger partial charge on any atom is 0.293 e. The molecule has 0 radical (unpaired) electrons. The topological polar surface area (TPSA) is 87.5 Å². The van der Waals surface area contributed by atoms with Crippen LogP contribution in [-0.2, 0) is 0 Å². The van der Waals surface area contributed by atoms with Gasteiger partial charge in [-0.15, -0.1) is 0 Å². The zero-order valence-electron chi connectivity index (χ0n) is 12.7. The number of carbonyl (C=O) groups is 1. The molecule has 0 spiro atoms. The summed E-state index contributed by atoms with van der Waals surface area (Å²) in [4.78, 5) is 24.6. The SMILES string of the molecule is CCNc1ccc(C(=O)NCCN(C)CC)cc1[N+](=O)[O-]. The lowest BCUT2D eigenvalue weighted by Gasteiger charge is -2.14. The Labute approximate surface area is 124 Å². The molecule has 0 aliphatic carbocycles. The zero-order chi connectivity index (χ0) is 15.8. The Morgan fingerprint density at radius 3 is 2.67 bits per heavy atom. The highest BCUT2D eigenvalue weighted by Crippen LogP contribution is 2.25. The number of nitrogens with one attached hydrogen (secondary N) is 2. The van der Waals surface area contributed by atoms with Gasteiger partial charge in [-0.05, 0) is 32.6 Å². The van der Waals surface area contributed by atoms with Crippen LogP contribution in [0.25, 0.3) is 0 Å². The number of rotatable bonds is 8. The second kappa shape index (κ2) is 8.21. The number of carbonyl (C=O) groups excluding carboxylic acids is 1. The Hall–Kier alpha value is -2.15. The Balaban J connectivity index is 2.76. The van der Waals surface area contributed by atoms with Gasteiger partial charge in [0.2, 0.25) is 0 Å². The van der Waals surface area contributed by atoms with Crippen molar-refractivity contribution in [2.45, 2.75) is 13.8 Å². The lowest BCUT2D eigenvalue weighted by atomic mass is 10.1. The van der Waals surface area contributed by atoms with E-state index in [2.05, 4.69) is 15.5 Å². The van der Waals surface area contributed by atoms with Crippen molar-refractivity contribution in [1.82, 2.24) is 10.2 Å². The van der Waals surface area contributed by atoms with E-state index in [1.54, 1.807) is 12.1 Å². The highest BCUT2D eigenvalue weighted by Gasteiger charge is 2.16. The Morgan fingerprint density at radius 1 is 1.38 bits per heavy atom. The molecule has 2 N–H and O–H groups in total. The van der Waals surface area contributed by atoms with Crippen LogP contribution in [0.1, 0.15) is 24.2 Å². The normalized spacial score (nSPS) is 10.5. The average molecular weight is 294 g/mol. The van der Waals surface area contributed by atoms with Crippen LogP contribution in [-0.4, -0.2) is 49.0 Å². The van der Waals surface area contributed by atoms with Crippen LogP contribution in [0, 0.1) is 10.1 Å². The van der Waals surface area contributed by atoms with E-state index >= 15 is 0 Å². The molecule has 0 aromatic heterocycles. The number of nitro groups is 1.